The Hall–Kier alpha value is -2.03. The Kier molecular flexibility index (Phi) is 4.52. The number of rotatable bonds is 3. The average Bonchev–Trinajstić information content (AvgIpc) is 2.97. The van der Waals surface area contributed by atoms with Gasteiger partial charge in [-0.05, 0) is 35.1 Å². The molecule has 8 heteroatoms. The molecule has 2 aromatic rings. The monoisotopic (exact) mass is 379 g/mol. The van der Waals surface area contributed by atoms with E-state index in [1.807, 2.05) is 0 Å². The number of sulfone groups is 1. The van der Waals surface area contributed by atoms with Crippen molar-refractivity contribution in [2.45, 2.75) is 30.6 Å². The van der Waals surface area contributed by atoms with Crippen molar-refractivity contribution >= 4 is 38.6 Å². The number of anilines is 1. The maximum absolute atomic E-state index is 12.9. The van der Waals surface area contributed by atoms with Gasteiger partial charge in [0.2, 0.25) is 5.78 Å². The summed E-state index contributed by atoms with van der Waals surface area (Å²) in [5.41, 5.74) is 0.510. The third kappa shape index (κ3) is 3.12. The first kappa shape index (κ1) is 17.8. The van der Waals surface area contributed by atoms with Crippen LogP contribution in [0.3, 0.4) is 0 Å². The molecule has 1 aromatic heterocycles. The van der Waals surface area contributed by atoms with Crippen LogP contribution in [-0.2, 0) is 20.4 Å². The van der Waals surface area contributed by atoms with Gasteiger partial charge in [0, 0.05) is 0 Å². The predicted molar refractivity (Wildman–Crippen MR) is 94.6 cm³/mol. The third-order valence-electron chi connectivity index (χ3n) is 4.04. The van der Waals surface area contributed by atoms with Crippen molar-refractivity contribution in [2.24, 2.45) is 5.92 Å². The molecule has 132 valence electrons. The quantitative estimate of drug-likeness (QED) is 0.852. The minimum Gasteiger partial charge on any atom is -0.383 e. The van der Waals surface area contributed by atoms with E-state index in [0.29, 0.717) is 10.4 Å². The standard InChI is InChI=1S/C17H17NO5S2/c1-9(2)14(19)17(21)18-11-4-3-5-12-13(11)15(20)16-10(6-7-24-16)8-25(12,22)23/h3-7,9,14,19H,8H2,1-2H3,(H,18,21). The highest BCUT2D eigenvalue weighted by Gasteiger charge is 2.33. The molecule has 1 aliphatic rings. The summed E-state index contributed by atoms with van der Waals surface area (Å²) >= 11 is 1.17. The van der Waals surface area contributed by atoms with Crippen molar-refractivity contribution in [3.8, 4) is 0 Å². The van der Waals surface area contributed by atoms with Crippen molar-refractivity contribution in [1.82, 2.24) is 0 Å². The third-order valence-corrected chi connectivity index (χ3v) is 6.70. The summed E-state index contributed by atoms with van der Waals surface area (Å²) < 4.78 is 25.3. The van der Waals surface area contributed by atoms with Crippen LogP contribution in [0.15, 0.2) is 34.5 Å². The highest BCUT2D eigenvalue weighted by molar-refractivity contribution is 7.90. The second-order valence-corrected chi connectivity index (χ2v) is 9.09. The van der Waals surface area contributed by atoms with E-state index >= 15 is 0 Å². The maximum Gasteiger partial charge on any atom is 0.253 e. The molecule has 1 aromatic carbocycles. The number of carbonyl (C=O) groups excluding carboxylic acids is 2. The Morgan fingerprint density at radius 2 is 2.00 bits per heavy atom. The van der Waals surface area contributed by atoms with Crippen LogP contribution >= 0.6 is 11.3 Å². The number of thiophene rings is 1. The van der Waals surface area contributed by atoms with Gasteiger partial charge >= 0.3 is 0 Å². The lowest BCUT2D eigenvalue weighted by Crippen LogP contribution is -2.32. The number of carbonyl (C=O) groups is 2. The lowest BCUT2D eigenvalue weighted by Gasteiger charge is -2.17. The number of benzene rings is 1. The van der Waals surface area contributed by atoms with Gasteiger partial charge in [0.05, 0.1) is 26.8 Å². The van der Waals surface area contributed by atoms with Crippen LogP contribution in [0.25, 0.3) is 0 Å². The van der Waals surface area contributed by atoms with Gasteiger partial charge in [-0.25, -0.2) is 8.42 Å². The van der Waals surface area contributed by atoms with Crippen molar-refractivity contribution in [3.05, 3.63) is 45.6 Å². The number of fused-ring (bicyclic) bond motifs is 2. The summed E-state index contributed by atoms with van der Waals surface area (Å²) in [6.07, 6.45) is -1.26. The number of hydrogen-bond donors (Lipinski definition) is 2. The van der Waals surface area contributed by atoms with E-state index in [9.17, 15) is 23.1 Å². The molecule has 1 unspecified atom stereocenters. The molecule has 3 rings (SSSR count). The van der Waals surface area contributed by atoms with Crippen LogP contribution in [-0.4, -0.2) is 31.3 Å². The molecule has 6 nitrogen and oxygen atoms in total. The van der Waals surface area contributed by atoms with Gasteiger partial charge in [-0.1, -0.05) is 19.9 Å². The topological polar surface area (TPSA) is 101 Å². The average molecular weight is 379 g/mol. The molecule has 2 heterocycles. The molecule has 1 amide bonds. The highest BCUT2D eigenvalue weighted by Crippen LogP contribution is 2.36. The van der Waals surface area contributed by atoms with Crippen molar-refractivity contribution in [2.75, 3.05) is 5.32 Å². The van der Waals surface area contributed by atoms with Crippen molar-refractivity contribution < 1.29 is 23.1 Å². The summed E-state index contributed by atoms with van der Waals surface area (Å²) in [7, 11) is -3.72. The molecule has 2 N–H and O–H groups in total. The molecule has 0 saturated heterocycles. The smallest absolute Gasteiger partial charge is 0.253 e. The number of aliphatic hydroxyl groups is 1. The number of aliphatic hydroxyl groups excluding tert-OH is 1. The largest absolute Gasteiger partial charge is 0.383 e. The molecule has 25 heavy (non-hydrogen) atoms. The molecule has 0 fully saturated rings. The van der Waals surface area contributed by atoms with Crippen molar-refractivity contribution in [1.29, 1.82) is 0 Å². The van der Waals surface area contributed by atoms with Gasteiger partial charge in [-0.2, -0.15) is 0 Å². The molecule has 1 aliphatic heterocycles. The van der Waals surface area contributed by atoms with Crippen LogP contribution in [0.4, 0.5) is 5.69 Å². The molecule has 0 radical (unpaired) electrons. The molecule has 0 spiro atoms. The second kappa shape index (κ2) is 6.36. The Morgan fingerprint density at radius 3 is 2.68 bits per heavy atom. The zero-order valence-electron chi connectivity index (χ0n) is 13.6. The lowest BCUT2D eigenvalue weighted by molar-refractivity contribution is -0.125. The fourth-order valence-corrected chi connectivity index (χ4v) is 5.25. The summed E-state index contributed by atoms with van der Waals surface area (Å²) in [6, 6.07) is 5.94. The van der Waals surface area contributed by atoms with Gasteiger partial charge in [-0.3, -0.25) is 9.59 Å². The van der Waals surface area contributed by atoms with E-state index in [4.69, 9.17) is 0 Å². The zero-order valence-corrected chi connectivity index (χ0v) is 15.3. The Labute approximate surface area is 149 Å². The van der Waals surface area contributed by atoms with Crippen LogP contribution in [0, 0.1) is 5.92 Å². The van der Waals surface area contributed by atoms with Gasteiger partial charge in [0.25, 0.3) is 5.91 Å². The number of amides is 1. The number of ketones is 1. The van der Waals surface area contributed by atoms with Crippen LogP contribution in [0.5, 0.6) is 0 Å². The van der Waals surface area contributed by atoms with Crippen LogP contribution < -0.4 is 5.32 Å². The first-order valence-electron chi connectivity index (χ1n) is 7.68. The number of nitrogens with one attached hydrogen (secondary N) is 1. The zero-order chi connectivity index (χ0) is 18.4. The van der Waals surface area contributed by atoms with E-state index in [0.717, 1.165) is 0 Å². The minimum absolute atomic E-state index is 0.0481. The molecule has 0 aliphatic carbocycles. The van der Waals surface area contributed by atoms with E-state index in [2.05, 4.69) is 5.32 Å². The SMILES string of the molecule is CC(C)C(O)C(=O)Nc1cccc2c1C(=O)c1sccc1CS2(=O)=O. The van der Waals surface area contributed by atoms with E-state index in [1.165, 1.54) is 29.5 Å². The fraction of sp³-hybridized carbons (Fsp3) is 0.294. The van der Waals surface area contributed by atoms with Crippen LogP contribution in [0.2, 0.25) is 0 Å². The Bertz CT molecular complexity index is 959. The van der Waals surface area contributed by atoms with Gasteiger partial charge < -0.3 is 10.4 Å². The Morgan fingerprint density at radius 1 is 1.28 bits per heavy atom. The summed E-state index contributed by atoms with van der Waals surface area (Å²) in [6.45, 7) is 3.37. The minimum atomic E-state index is -3.72. The molecule has 0 saturated carbocycles. The lowest BCUT2D eigenvalue weighted by atomic mass is 10.0. The first-order chi connectivity index (χ1) is 11.7. The molecular weight excluding hydrogens is 362 g/mol. The normalized spacial score (nSPS) is 16.7. The number of hydrogen-bond acceptors (Lipinski definition) is 6. The highest BCUT2D eigenvalue weighted by atomic mass is 32.2. The predicted octanol–water partition coefficient (Wildman–Crippen LogP) is 2.22. The summed E-state index contributed by atoms with van der Waals surface area (Å²) in [5.74, 6) is -1.68. The summed E-state index contributed by atoms with van der Waals surface area (Å²) in [4.78, 5) is 25.3. The van der Waals surface area contributed by atoms with E-state index in [-0.39, 0.29) is 27.8 Å². The molecular formula is C17H17NO5S2. The van der Waals surface area contributed by atoms with Gasteiger partial charge in [0.1, 0.15) is 6.10 Å². The van der Waals surface area contributed by atoms with E-state index < -0.39 is 27.6 Å². The second-order valence-electron chi connectivity index (χ2n) is 6.22. The summed E-state index contributed by atoms with van der Waals surface area (Å²) in [5, 5.41) is 14.1. The van der Waals surface area contributed by atoms with Gasteiger partial charge in [0.15, 0.2) is 9.84 Å². The first-order valence-corrected chi connectivity index (χ1v) is 10.2. The Balaban J connectivity index is 2.14. The fourth-order valence-electron chi connectivity index (χ4n) is 2.68. The molecule has 0 bridgehead atoms. The molecule has 1 atom stereocenters. The van der Waals surface area contributed by atoms with Crippen LogP contribution in [0.1, 0.15) is 34.6 Å². The maximum atomic E-state index is 12.9. The van der Waals surface area contributed by atoms with E-state index in [1.54, 1.807) is 25.3 Å². The van der Waals surface area contributed by atoms with Gasteiger partial charge in [-0.15, -0.1) is 11.3 Å². The van der Waals surface area contributed by atoms with Crippen molar-refractivity contribution in [3.63, 3.8) is 0 Å².